The van der Waals surface area contributed by atoms with Crippen LogP contribution in [0.15, 0.2) is 24.3 Å². The molecule has 0 radical (unpaired) electrons. The molecule has 1 heterocycles. The monoisotopic (exact) mass is 344 g/mol. The Labute approximate surface area is 137 Å². The summed E-state index contributed by atoms with van der Waals surface area (Å²) in [7, 11) is 0. The van der Waals surface area contributed by atoms with Crippen molar-refractivity contribution in [2.75, 3.05) is 11.8 Å². The van der Waals surface area contributed by atoms with Crippen molar-refractivity contribution in [1.29, 1.82) is 0 Å². The highest BCUT2D eigenvalue weighted by atomic mass is 16.8. The molecule has 5 atom stereocenters. The lowest BCUT2D eigenvalue weighted by Crippen LogP contribution is -2.65. The molecule has 1 saturated heterocycles. The average molecular weight is 344 g/mol. The highest BCUT2D eigenvalue weighted by Gasteiger charge is 2.46. The fourth-order valence-corrected chi connectivity index (χ4v) is 2.36. The molecule has 1 aromatic carbocycles. The van der Waals surface area contributed by atoms with Crippen molar-refractivity contribution < 1.29 is 40.0 Å². The molecule has 0 bridgehead atoms. The number of amides is 1. The summed E-state index contributed by atoms with van der Waals surface area (Å²) >= 11 is 0. The van der Waals surface area contributed by atoms with Crippen molar-refractivity contribution in [1.82, 2.24) is 5.32 Å². The van der Waals surface area contributed by atoms with Gasteiger partial charge in [-0.05, 0) is 24.3 Å². The van der Waals surface area contributed by atoms with E-state index in [4.69, 9.17) is 19.9 Å². The number of carbonyl (C=O) groups is 1. The van der Waals surface area contributed by atoms with Crippen LogP contribution >= 0.6 is 0 Å². The van der Waals surface area contributed by atoms with Gasteiger partial charge in [-0.2, -0.15) is 0 Å². The number of rotatable bonds is 5. The van der Waals surface area contributed by atoms with Gasteiger partial charge < -0.3 is 30.1 Å². The molecular weight excluding hydrogens is 324 g/mol. The smallest absolute Gasteiger partial charge is 0.223 e. The van der Waals surface area contributed by atoms with Crippen LogP contribution in [0.2, 0.25) is 0 Å². The summed E-state index contributed by atoms with van der Waals surface area (Å²) in [5, 5.41) is 49.4. The van der Waals surface area contributed by atoms with E-state index in [9.17, 15) is 20.1 Å². The number of aliphatic hydroxyl groups is 3. The second-order valence-corrected chi connectivity index (χ2v) is 5.33. The maximum absolute atomic E-state index is 11.3. The van der Waals surface area contributed by atoms with Gasteiger partial charge in [0, 0.05) is 6.92 Å². The lowest BCUT2D eigenvalue weighted by atomic mass is 9.97. The minimum atomic E-state index is -1.41. The van der Waals surface area contributed by atoms with E-state index in [1.165, 1.54) is 31.2 Å². The molecule has 134 valence electrons. The zero-order chi connectivity index (χ0) is 17.9. The maximum Gasteiger partial charge on any atom is 0.223 e. The third-order valence-electron chi connectivity index (χ3n) is 3.57. The van der Waals surface area contributed by atoms with E-state index < -0.39 is 43.2 Å². The topological polar surface area (TPSA) is 152 Å². The van der Waals surface area contributed by atoms with Gasteiger partial charge in [0.1, 0.15) is 30.1 Å². The molecule has 0 aromatic heterocycles. The summed E-state index contributed by atoms with van der Waals surface area (Å²) in [5.41, 5.74) is 0.0917. The molecule has 10 nitrogen and oxygen atoms in total. The molecule has 1 fully saturated rings. The van der Waals surface area contributed by atoms with Gasteiger partial charge in [0.25, 0.3) is 0 Å². The van der Waals surface area contributed by atoms with E-state index in [1.807, 2.05) is 0 Å². The number of anilines is 1. The molecule has 6 N–H and O–H groups in total. The number of benzene rings is 1. The number of hydrogen-bond acceptors (Lipinski definition) is 9. The standard InChI is InChI=1S/C14H20N2O8/c1-7(18)15-11-13(20)12(19)10(6-17)24-14(11)23-9-4-2-8(3-5-9)16(21)22/h2-5,10-14,17,19-22H,6H2,1H3,(H,15,18). The van der Waals surface area contributed by atoms with E-state index >= 15 is 0 Å². The van der Waals surface area contributed by atoms with Crippen LogP contribution in [0.3, 0.4) is 0 Å². The van der Waals surface area contributed by atoms with Crippen LogP contribution < -0.4 is 15.3 Å². The van der Waals surface area contributed by atoms with Crippen LogP contribution in [0.4, 0.5) is 5.69 Å². The number of hydrogen-bond donors (Lipinski definition) is 6. The third kappa shape index (κ3) is 4.12. The quantitative estimate of drug-likeness (QED) is 0.354. The minimum absolute atomic E-state index is 0.0666. The van der Waals surface area contributed by atoms with Crippen LogP contribution in [0.1, 0.15) is 6.92 Å². The molecule has 2 rings (SSSR count). The molecule has 24 heavy (non-hydrogen) atoms. The normalized spacial score (nSPS) is 29.8. The molecular formula is C14H20N2O8. The van der Waals surface area contributed by atoms with Crippen molar-refractivity contribution in [3.63, 3.8) is 0 Å². The van der Waals surface area contributed by atoms with Crippen LogP contribution in [0.5, 0.6) is 5.75 Å². The highest BCUT2D eigenvalue weighted by molar-refractivity contribution is 5.73. The average Bonchev–Trinajstić information content (AvgIpc) is 2.54. The fourth-order valence-electron chi connectivity index (χ4n) is 2.36. The summed E-state index contributed by atoms with van der Waals surface area (Å²) < 4.78 is 11.0. The zero-order valence-electron chi connectivity index (χ0n) is 12.8. The van der Waals surface area contributed by atoms with Crippen molar-refractivity contribution in [3.05, 3.63) is 24.3 Å². The summed E-state index contributed by atoms with van der Waals surface area (Å²) in [5.74, 6) is -0.210. The van der Waals surface area contributed by atoms with E-state index in [2.05, 4.69) is 5.32 Å². The second kappa shape index (κ2) is 7.75. The van der Waals surface area contributed by atoms with E-state index in [0.717, 1.165) is 0 Å². The Morgan fingerprint density at radius 3 is 2.38 bits per heavy atom. The number of nitrogens with zero attached hydrogens (tertiary/aromatic N) is 1. The fraction of sp³-hybridized carbons (Fsp3) is 0.500. The van der Waals surface area contributed by atoms with E-state index in [-0.39, 0.29) is 16.7 Å². The predicted octanol–water partition coefficient (Wildman–Crippen LogP) is -1.41. The van der Waals surface area contributed by atoms with Crippen LogP contribution in [-0.4, -0.2) is 68.9 Å². The van der Waals surface area contributed by atoms with Crippen molar-refractivity contribution in [3.8, 4) is 5.75 Å². The molecule has 0 aliphatic carbocycles. The SMILES string of the molecule is CC(=O)NC1C(Oc2ccc(N(O)O)cc2)OC(CO)C(O)C1O. The van der Waals surface area contributed by atoms with E-state index in [0.29, 0.717) is 0 Å². The first-order valence-corrected chi connectivity index (χ1v) is 7.17. The Balaban J connectivity index is 2.17. The van der Waals surface area contributed by atoms with Gasteiger partial charge in [0.15, 0.2) is 0 Å². The first kappa shape index (κ1) is 18.4. The summed E-state index contributed by atoms with van der Waals surface area (Å²) in [6, 6.07) is 4.45. The molecule has 1 aliphatic heterocycles. The molecule has 5 unspecified atom stereocenters. The summed E-state index contributed by atoms with van der Waals surface area (Å²) in [4.78, 5) is 11.3. The minimum Gasteiger partial charge on any atom is -0.463 e. The summed E-state index contributed by atoms with van der Waals surface area (Å²) in [6.45, 7) is 0.688. The first-order chi connectivity index (χ1) is 11.3. The maximum atomic E-state index is 11.3. The van der Waals surface area contributed by atoms with Gasteiger partial charge in [0.2, 0.25) is 12.2 Å². The first-order valence-electron chi connectivity index (χ1n) is 7.17. The number of aliphatic hydroxyl groups excluding tert-OH is 3. The van der Waals surface area contributed by atoms with Crippen LogP contribution in [0, 0.1) is 0 Å². The third-order valence-corrected chi connectivity index (χ3v) is 3.57. The van der Waals surface area contributed by atoms with Crippen LogP contribution in [0.25, 0.3) is 0 Å². The van der Waals surface area contributed by atoms with Gasteiger partial charge in [-0.15, -0.1) is 5.23 Å². The predicted molar refractivity (Wildman–Crippen MR) is 78.5 cm³/mol. The Bertz CT molecular complexity index is 552. The largest absolute Gasteiger partial charge is 0.463 e. The molecule has 0 spiro atoms. The van der Waals surface area contributed by atoms with Crippen molar-refractivity contribution >= 4 is 11.6 Å². The Morgan fingerprint density at radius 2 is 1.88 bits per heavy atom. The Morgan fingerprint density at radius 1 is 1.25 bits per heavy atom. The second-order valence-electron chi connectivity index (χ2n) is 5.33. The van der Waals surface area contributed by atoms with Crippen molar-refractivity contribution in [2.24, 2.45) is 0 Å². The van der Waals surface area contributed by atoms with E-state index in [1.54, 1.807) is 0 Å². The molecule has 10 heteroatoms. The molecule has 1 aliphatic rings. The van der Waals surface area contributed by atoms with Crippen LogP contribution in [-0.2, 0) is 9.53 Å². The van der Waals surface area contributed by atoms with Crippen molar-refractivity contribution in [2.45, 2.75) is 37.6 Å². The summed E-state index contributed by atoms with van der Waals surface area (Å²) in [6.07, 6.45) is -5.06. The number of ether oxygens (including phenoxy) is 2. The number of nitrogens with one attached hydrogen (secondary N) is 1. The molecule has 0 saturated carbocycles. The highest BCUT2D eigenvalue weighted by Crippen LogP contribution is 2.25. The van der Waals surface area contributed by atoms with Gasteiger partial charge >= 0.3 is 0 Å². The van der Waals surface area contributed by atoms with Gasteiger partial charge in [-0.25, -0.2) is 0 Å². The Hall–Kier alpha value is -1.95. The molecule has 1 amide bonds. The molecule has 1 aromatic rings. The number of carbonyl (C=O) groups excluding carboxylic acids is 1. The van der Waals surface area contributed by atoms with Gasteiger partial charge in [-0.1, -0.05) is 0 Å². The zero-order valence-corrected chi connectivity index (χ0v) is 12.8. The van der Waals surface area contributed by atoms with Gasteiger partial charge in [0.05, 0.1) is 12.3 Å². The lowest BCUT2D eigenvalue weighted by Gasteiger charge is -2.42. The lowest BCUT2D eigenvalue weighted by molar-refractivity contribution is -0.244. The van der Waals surface area contributed by atoms with Gasteiger partial charge in [-0.3, -0.25) is 15.2 Å². The Kier molecular flexibility index (Phi) is 5.94.